The maximum atomic E-state index is 11.6. The summed E-state index contributed by atoms with van der Waals surface area (Å²) < 4.78 is 38.3. The summed E-state index contributed by atoms with van der Waals surface area (Å²) in [5.74, 6) is 0.628. The molecule has 0 aliphatic carbocycles. The minimum absolute atomic E-state index is 0. The molecule has 29 heavy (non-hydrogen) atoms. The van der Waals surface area contributed by atoms with Gasteiger partial charge in [-0.1, -0.05) is 64.0 Å². The fraction of sp³-hybridized carbons (Fsp3) is 0.455. The Morgan fingerprint density at radius 1 is 0.862 bits per heavy atom. The number of unbranched alkanes of at least 4 members (excludes halogenated alkanes) is 7. The first kappa shape index (κ1) is 26.6. The standard InChI is InChI=1S/C22H30O5S.K/c1-2-3-4-5-6-7-8-9-10-18-15-21(17-22(16-18)28(24,25)26)27-20-13-11-19(23)12-14-20;/h11-17,23H,2-10H2,1H3,(H,24,25,26);/q;+1/p-1. The summed E-state index contributed by atoms with van der Waals surface area (Å²) in [5.41, 5.74) is 0.802. The molecule has 7 heteroatoms. The van der Waals surface area contributed by atoms with E-state index in [1.807, 2.05) is 0 Å². The van der Waals surface area contributed by atoms with Crippen LogP contribution in [0, 0.1) is 0 Å². The zero-order valence-corrected chi connectivity index (χ0v) is 21.3. The third kappa shape index (κ3) is 10.4. The van der Waals surface area contributed by atoms with Crippen LogP contribution in [-0.2, 0) is 16.5 Å². The van der Waals surface area contributed by atoms with E-state index in [-0.39, 0.29) is 62.0 Å². The first-order chi connectivity index (χ1) is 13.4. The van der Waals surface area contributed by atoms with Gasteiger partial charge in [-0.05, 0) is 42.7 Å². The Balaban J connectivity index is 0.00000420. The molecule has 0 atom stereocenters. The van der Waals surface area contributed by atoms with E-state index in [1.165, 1.54) is 74.9 Å². The van der Waals surface area contributed by atoms with Crippen molar-refractivity contribution < 1.29 is 74.2 Å². The molecule has 0 saturated heterocycles. The van der Waals surface area contributed by atoms with Gasteiger partial charge in [0.25, 0.3) is 10.1 Å². The van der Waals surface area contributed by atoms with E-state index in [1.54, 1.807) is 6.07 Å². The van der Waals surface area contributed by atoms with Crippen LogP contribution in [0.4, 0.5) is 0 Å². The molecule has 0 aliphatic heterocycles. The van der Waals surface area contributed by atoms with E-state index in [9.17, 15) is 18.1 Å². The van der Waals surface area contributed by atoms with Crippen molar-refractivity contribution in [1.82, 2.24) is 0 Å². The van der Waals surface area contributed by atoms with E-state index in [0.29, 0.717) is 17.9 Å². The molecule has 0 bridgehead atoms. The van der Waals surface area contributed by atoms with Gasteiger partial charge in [0.1, 0.15) is 11.5 Å². The van der Waals surface area contributed by atoms with Gasteiger partial charge in [-0.2, -0.15) is 8.42 Å². The number of benzene rings is 2. The molecule has 0 fully saturated rings. The Bertz CT molecular complexity index is 835. The van der Waals surface area contributed by atoms with E-state index in [4.69, 9.17) is 4.74 Å². The number of aryl methyl sites for hydroxylation is 1. The third-order valence-corrected chi connectivity index (χ3v) is 5.45. The van der Waals surface area contributed by atoms with Crippen LogP contribution in [0.15, 0.2) is 47.4 Å². The minimum Gasteiger partial charge on any atom is -0.872 e. The van der Waals surface area contributed by atoms with Gasteiger partial charge in [0.05, 0.1) is 4.90 Å². The fourth-order valence-electron chi connectivity index (χ4n) is 3.09. The summed E-state index contributed by atoms with van der Waals surface area (Å²) in [6.07, 6.45) is 10.3. The van der Waals surface area contributed by atoms with Gasteiger partial charge in [0, 0.05) is 6.07 Å². The van der Waals surface area contributed by atoms with Gasteiger partial charge in [-0.25, -0.2) is 0 Å². The average molecular weight is 445 g/mol. The van der Waals surface area contributed by atoms with Crippen molar-refractivity contribution >= 4 is 10.1 Å². The van der Waals surface area contributed by atoms with Crippen LogP contribution in [0.1, 0.15) is 63.9 Å². The minimum atomic E-state index is -4.32. The van der Waals surface area contributed by atoms with E-state index >= 15 is 0 Å². The van der Waals surface area contributed by atoms with E-state index < -0.39 is 10.1 Å². The second kappa shape index (κ2) is 13.8. The van der Waals surface area contributed by atoms with Crippen LogP contribution in [0.5, 0.6) is 17.2 Å². The molecule has 5 nitrogen and oxygen atoms in total. The largest absolute Gasteiger partial charge is 1.00 e. The number of hydrogen-bond acceptors (Lipinski definition) is 4. The van der Waals surface area contributed by atoms with Crippen LogP contribution in [0.3, 0.4) is 0 Å². The molecule has 0 radical (unpaired) electrons. The third-order valence-electron chi connectivity index (χ3n) is 4.62. The van der Waals surface area contributed by atoms with E-state index in [2.05, 4.69) is 6.92 Å². The van der Waals surface area contributed by atoms with Crippen LogP contribution >= 0.6 is 0 Å². The first-order valence-electron chi connectivity index (χ1n) is 9.95. The quantitative estimate of drug-likeness (QED) is 0.309. The molecule has 0 unspecified atom stereocenters. The van der Waals surface area contributed by atoms with Gasteiger partial charge in [0.15, 0.2) is 0 Å². The van der Waals surface area contributed by atoms with Gasteiger partial charge in [-0.3, -0.25) is 4.55 Å². The Morgan fingerprint density at radius 3 is 2.03 bits per heavy atom. The molecule has 0 saturated carbocycles. The molecule has 0 aromatic heterocycles. The summed E-state index contributed by atoms with van der Waals surface area (Å²) in [6, 6.07) is 10.4. The molecular formula is C22H29KO5S. The Labute approximate surface area is 217 Å². The van der Waals surface area contributed by atoms with Gasteiger partial charge in [-0.15, -0.1) is 5.75 Å². The maximum Gasteiger partial charge on any atom is 1.00 e. The molecule has 2 rings (SSSR count). The van der Waals surface area contributed by atoms with Crippen molar-refractivity contribution in [3.63, 3.8) is 0 Å². The molecule has 1 N–H and O–H groups in total. The Hall–Kier alpha value is -0.414. The van der Waals surface area contributed by atoms with E-state index in [0.717, 1.165) is 18.4 Å². The monoisotopic (exact) mass is 444 g/mol. The maximum absolute atomic E-state index is 11.6. The average Bonchev–Trinajstić information content (AvgIpc) is 2.65. The SMILES string of the molecule is CCCCCCCCCCc1cc(Oc2ccc([O-])cc2)cc(S(=O)(=O)O)c1.[K+]. The second-order valence-electron chi connectivity index (χ2n) is 7.09. The smallest absolute Gasteiger partial charge is 0.872 e. The molecule has 0 heterocycles. The molecule has 0 amide bonds. The first-order valence-corrected chi connectivity index (χ1v) is 11.4. The zero-order valence-electron chi connectivity index (χ0n) is 17.4. The summed E-state index contributed by atoms with van der Waals surface area (Å²) in [7, 11) is -4.32. The Morgan fingerprint density at radius 2 is 1.45 bits per heavy atom. The van der Waals surface area contributed by atoms with Crippen molar-refractivity contribution in [3.05, 3.63) is 48.0 Å². The zero-order chi connectivity index (χ0) is 20.4. The van der Waals surface area contributed by atoms with Gasteiger partial charge < -0.3 is 9.84 Å². The molecular weight excluding hydrogens is 415 g/mol. The molecule has 0 aliphatic rings. The number of rotatable bonds is 12. The van der Waals surface area contributed by atoms with Crippen molar-refractivity contribution in [1.29, 1.82) is 0 Å². The van der Waals surface area contributed by atoms with Crippen molar-refractivity contribution in [2.75, 3.05) is 0 Å². The van der Waals surface area contributed by atoms with Crippen molar-refractivity contribution in [2.45, 2.75) is 69.6 Å². The predicted molar refractivity (Wildman–Crippen MR) is 109 cm³/mol. The molecule has 2 aromatic rings. The van der Waals surface area contributed by atoms with Crippen LogP contribution < -0.4 is 61.2 Å². The topological polar surface area (TPSA) is 86.7 Å². The van der Waals surface area contributed by atoms with Crippen LogP contribution in [0.2, 0.25) is 0 Å². The summed E-state index contributed by atoms with van der Waals surface area (Å²) in [5, 5.41) is 11.2. The summed E-state index contributed by atoms with van der Waals surface area (Å²) in [4.78, 5) is -0.181. The van der Waals surface area contributed by atoms with Crippen molar-refractivity contribution in [3.8, 4) is 17.2 Å². The fourth-order valence-corrected chi connectivity index (χ4v) is 3.66. The van der Waals surface area contributed by atoms with Gasteiger partial charge in [0.2, 0.25) is 0 Å². The summed E-state index contributed by atoms with van der Waals surface area (Å²) in [6.45, 7) is 2.21. The Kier molecular flexibility index (Phi) is 12.7. The predicted octanol–water partition coefficient (Wildman–Crippen LogP) is 2.49. The molecule has 0 spiro atoms. The van der Waals surface area contributed by atoms with Gasteiger partial charge >= 0.3 is 51.4 Å². The van der Waals surface area contributed by atoms with Crippen LogP contribution in [0.25, 0.3) is 0 Å². The normalized spacial score (nSPS) is 11.1. The second-order valence-corrected chi connectivity index (χ2v) is 8.51. The van der Waals surface area contributed by atoms with Crippen LogP contribution in [-0.4, -0.2) is 13.0 Å². The number of ether oxygens (including phenoxy) is 1. The van der Waals surface area contributed by atoms with Crippen molar-refractivity contribution in [2.24, 2.45) is 0 Å². The summed E-state index contributed by atoms with van der Waals surface area (Å²) >= 11 is 0. The molecule has 154 valence electrons. The number of hydrogen-bond donors (Lipinski definition) is 1. The molecule has 2 aromatic carbocycles.